The highest BCUT2D eigenvalue weighted by atomic mass is 35.5. The Morgan fingerprint density at radius 2 is 1.65 bits per heavy atom. The van der Waals surface area contributed by atoms with Crippen LogP contribution in [0.15, 0.2) is 75.1 Å². The number of nitrogens with zero attached hydrogens (tertiary/aromatic N) is 1. The molecule has 1 fully saturated rings. The minimum atomic E-state index is -4.77. The molecule has 0 radical (unpaired) electrons. The normalized spacial score (nSPS) is 15.0. The molecule has 1 heterocycles. The Morgan fingerprint density at radius 1 is 1.00 bits per heavy atom. The van der Waals surface area contributed by atoms with Crippen molar-refractivity contribution >= 4 is 43.2 Å². The summed E-state index contributed by atoms with van der Waals surface area (Å²) >= 11 is 5.62. The van der Waals surface area contributed by atoms with Gasteiger partial charge in [-0.15, -0.1) is 0 Å². The summed E-state index contributed by atoms with van der Waals surface area (Å²) in [5.74, 6) is -0.729. The first-order valence-corrected chi connectivity index (χ1v) is 15.4. The number of rotatable bonds is 10. The van der Waals surface area contributed by atoms with Crippen LogP contribution in [-0.2, 0) is 37.6 Å². The van der Waals surface area contributed by atoms with Gasteiger partial charge in [0.1, 0.15) is 5.76 Å². The van der Waals surface area contributed by atoms with Gasteiger partial charge in [-0.1, -0.05) is 24.4 Å². The lowest BCUT2D eigenvalue weighted by Gasteiger charge is -2.21. The summed E-state index contributed by atoms with van der Waals surface area (Å²) in [6.07, 6.45) is -0.162. The van der Waals surface area contributed by atoms with Crippen LogP contribution in [0.25, 0.3) is 0 Å². The summed E-state index contributed by atoms with van der Waals surface area (Å²) in [5.41, 5.74) is -1.40. The highest BCUT2D eigenvalue weighted by Gasteiger charge is 2.34. The molecule has 4 rings (SSSR count). The summed E-state index contributed by atoms with van der Waals surface area (Å²) in [6.45, 7) is -1.16. The summed E-state index contributed by atoms with van der Waals surface area (Å²) in [5, 5.41) is 1.70. The number of alkyl halides is 3. The number of carbonyl (C=O) groups is 1. The molecule has 0 atom stereocenters. The largest absolute Gasteiger partial charge is 0.468 e. The van der Waals surface area contributed by atoms with E-state index < -0.39 is 49.3 Å². The van der Waals surface area contributed by atoms with Gasteiger partial charge in [-0.3, -0.25) is 4.79 Å². The van der Waals surface area contributed by atoms with Gasteiger partial charge < -0.3 is 9.73 Å². The molecule has 1 amide bonds. The standard InChI is InChI=1S/C25H25ClF3N3O6S2/c26-23-12-7-18(14-22(23)25(27,28)29)30-24(33)16-32(15-19-6-3-13-38-19)40(36,37)21-10-8-20(9-11-21)39(34,35)31-17-4-1-2-5-17/h3,6-14,17,31H,1-2,4-5,15-16H2,(H,30,33). The van der Waals surface area contributed by atoms with Crippen LogP contribution < -0.4 is 10.0 Å². The molecule has 216 valence electrons. The van der Waals surface area contributed by atoms with Gasteiger partial charge in [0, 0.05) is 11.7 Å². The number of benzene rings is 2. The van der Waals surface area contributed by atoms with Crippen LogP contribution in [0, 0.1) is 0 Å². The van der Waals surface area contributed by atoms with Gasteiger partial charge in [0.15, 0.2) is 0 Å². The second kappa shape index (κ2) is 11.9. The molecule has 1 aromatic heterocycles. The van der Waals surface area contributed by atoms with Crippen molar-refractivity contribution in [1.29, 1.82) is 0 Å². The van der Waals surface area contributed by atoms with Crippen molar-refractivity contribution in [2.24, 2.45) is 0 Å². The Balaban J connectivity index is 1.55. The summed E-state index contributed by atoms with van der Waals surface area (Å²) in [7, 11) is -8.26. The van der Waals surface area contributed by atoms with Crippen molar-refractivity contribution in [1.82, 2.24) is 9.03 Å². The van der Waals surface area contributed by atoms with Gasteiger partial charge in [-0.05, 0) is 67.4 Å². The Kier molecular flexibility index (Phi) is 8.95. The number of nitrogens with one attached hydrogen (secondary N) is 2. The third-order valence-corrected chi connectivity index (χ3v) is 9.91. The van der Waals surface area contributed by atoms with Gasteiger partial charge in [0.05, 0.1) is 39.7 Å². The first kappa shape index (κ1) is 30.1. The van der Waals surface area contributed by atoms with E-state index in [4.69, 9.17) is 16.0 Å². The van der Waals surface area contributed by atoms with Gasteiger partial charge in [-0.2, -0.15) is 17.5 Å². The van der Waals surface area contributed by atoms with Gasteiger partial charge in [0.25, 0.3) is 0 Å². The molecule has 1 saturated carbocycles. The molecule has 0 aliphatic heterocycles. The lowest BCUT2D eigenvalue weighted by atomic mass is 10.2. The number of furan rings is 1. The Labute approximate surface area is 234 Å². The van der Waals surface area contributed by atoms with E-state index in [1.807, 2.05) is 0 Å². The first-order valence-electron chi connectivity index (χ1n) is 12.1. The van der Waals surface area contributed by atoms with Crippen molar-refractivity contribution in [3.63, 3.8) is 0 Å². The predicted octanol–water partition coefficient (Wildman–Crippen LogP) is 5.00. The molecule has 15 heteroatoms. The van der Waals surface area contributed by atoms with Crippen LogP contribution in [0.5, 0.6) is 0 Å². The zero-order valence-corrected chi connectivity index (χ0v) is 23.2. The van der Waals surface area contributed by atoms with Crippen LogP contribution in [0.3, 0.4) is 0 Å². The number of amides is 1. The van der Waals surface area contributed by atoms with Crippen molar-refractivity contribution in [2.45, 2.75) is 54.2 Å². The van der Waals surface area contributed by atoms with Gasteiger partial charge in [-0.25, -0.2) is 21.6 Å². The highest BCUT2D eigenvalue weighted by molar-refractivity contribution is 7.89. The average Bonchev–Trinajstić information content (AvgIpc) is 3.58. The molecular formula is C25H25ClF3N3O6S2. The SMILES string of the molecule is O=C(CN(Cc1ccco1)S(=O)(=O)c1ccc(S(=O)(=O)NC2CCCC2)cc1)Nc1ccc(Cl)c(C(F)(F)F)c1. The molecule has 0 bridgehead atoms. The van der Waals surface area contributed by atoms with Gasteiger partial charge >= 0.3 is 6.18 Å². The minimum absolute atomic E-state index is 0.114. The van der Waals surface area contributed by atoms with Crippen molar-refractivity contribution < 1.29 is 39.2 Å². The fourth-order valence-corrected chi connectivity index (χ4v) is 7.15. The van der Waals surface area contributed by atoms with E-state index in [9.17, 15) is 34.8 Å². The molecular weight excluding hydrogens is 595 g/mol. The maximum absolute atomic E-state index is 13.5. The molecule has 1 aliphatic rings. The molecule has 0 saturated heterocycles. The van der Waals surface area contributed by atoms with E-state index in [0.29, 0.717) is 6.07 Å². The number of hydrogen-bond acceptors (Lipinski definition) is 6. The minimum Gasteiger partial charge on any atom is -0.468 e. The Morgan fingerprint density at radius 3 is 2.25 bits per heavy atom. The number of carbonyl (C=O) groups excluding carboxylic acids is 1. The van der Waals surface area contributed by atoms with Crippen molar-refractivity contribution in [2.75, 3.05) is 11.9 Å². The van der Waals surface area contributed by atoms with Crippen LogP contribution in [-0.4, -0.2) is 39.6 Å². The average molecular weight is 620 g/mol. The summed E-state index contributed by atoms with van der Waals surface area (Å²) in [6, 6.07) is 10.1. The van der Waals surface area contributed by atoms with Crippen LogP contribution in [0.1, 0.15) is 37.0 Å². The quantitative estimate of drug-likeness (QED) is 0.329. The van der Waals surface area contributed by atoms with Crippen LogP contribution in [0.2, 0.25) is 5.02 Å². The highest BCUT2D eigenvalue weighted by Crippen LogP contribution is 2.36. The first-order chi connectivity index (χ1) is 18.8. The second-order valence-corrected chi connectivity index (χ2v) is 13.2. The molecule has 2 N–H and O–H groups in total. The summed E-state index contributed by atoms with van der Waals surface area (Å²) < 4.78 is 101. The summed E-state index contributed by atoms with van der Waals surface area (Å²) in [4.78, 5) is 12.4. The zero-order chi connectivity index (χ0) is 29.1. The second-order valence-electron chi connectivity index (χ2n) is 9.17. The van der Waals surface area contributed by atoms with Crippen molar-refractivity contribution in [3.8, 4) is 0 Å². The number of hydrogen-bond donors (Lipinski definition) is 2. The third kappa shape index (κ3) is 7.23. The maximum Gasteiger partial charge on any atom is 0.417 e. The Hall–Kier alpha value is -2.91. The molecule has 3 aromatic rings. The molecule has 9 nitrogen and oxygen atoms in total. The molecule has 40 heavy (non-hydrogen) atoms. The topological polar surface area (TPSA) is 126 Å². The maximum atomic E-state index is 13.5. The van der Waals surface area contributed by atoms with Crippen LogP contribution >= 0.6 is 11.6 Å². The monoisotopic (exact) mass is 619 g/mol. The van der Waals surface area contributed by atoms with E-state index in [2.05, 4.69) is 10.0 Å². The molecule has 0 spiro atoms. The fraction of sp³-hybridized carbons (Fsp3) is 0.320. The van der Waals surface area contributed by atoms with E-state index >= 15 is 0 Å². The van der Waals surface area contributed by atoms with E-state index in [0.717, 1.165) is 66.4 Å². The van der Waals surface area contributed by atoms with E-state index in [-0.39, 0.29) is 33.8 Å². The Bertz CT molecular complexity index is 1560. The smallest absolute Gasteiger partial charge is 0.417 e. The molecule has 2 aromatic carbocycles. The number of sulfonamides is 2. The van der Waals surface area contributed by atoms with Gasteiger partial charge in [0.2, 0.25) is 26.0 Å². The predicted molar refractivity (Wildman–Crippen MR) is 140 cm³/mol. The van der Waals surface area contributed by atoms with Crippen molar-refractivity contribution in [3.05, 3.63) is 77.2 Å². The molecule has 1 aliphatic carbocycles. The third-order valence-electron chi connectivity index (χ3n) is 6.24. The molecule has 0 unspecified atom stereocenters. The van der Waals surface area contributed by atoms with Crippen LogP contribution in [0.4, 0.5) is 18.9 Å². The number of anilines is 1. The van der Waals surface area contributed by atoms with E-state index in [1.54, 1.807) is 0 Å². The zero-order valence-electron chi connectivity index (χ0n) is 20.8. The number of halogens is 4. The fourth-order valence-electron chi connectivity index (χ4n) is 4.25. The lowest BCUT2D eigenvalue weighted by molar-refractivity contribution is -0.137. The van der Waals surface area contributed by atoms with E-state index in [1.165, 1.54) is 18.4 Å². The lowest BCUT2D eigenvalue weighted by Crippen LogP contribution is -2.37.